The van der Waals surface area contributed by atoms with Crippen molar-refractivity contribution in [1.82, 2.24) is 20.6 Å². The highest BCUT2D eigenvalue weighted by Gasteiger charge is 2.19. The molecule has 1 unspecified atom stereocenters. The van der Waals surface area contributed by atoms with Crippen LogP contribution in [0.5, 0.6) is 0 Å². The van der Waals surface area contributed by atoms with Crippen LogP contribution in [0.4, 0.5) is 0 Å². The lowest BCUT2D eigenvalue weighted by atomic mass is 10.2. The molecular formula is C10H14N4O. The van der Waals surface area contributed by atoms with E-state index in [0.29, 0.717) is 6.42 Å². The first-order chi connectivity index (χ1) is 7.34. The summed E-state index contributed by atoms with van der Waals surface area (Å²) in [5.74, 6) is 0.157. The van der Waals surface area contributed by atoms with Gasteiger partial charge in [0.15, 0.2) is 0 Å². The fraction of sp³-hybridized carbons (Fsp3) is 0.500. The molecule has 2 rings (SSSR count). The minimum atomic E-state index is 0.157. The Hall–Kier alpha value is -1.49. The molecule has 1 aliphatic rings. The van der Waals surface area contributed by atoms with Gasteiger partial charge >= 0.3 is 0 Å². The van der Waals surface area contributed by atoms with Crippen LogP contribution in [0.25, 0.3) is 0 Å². The summed E-state index contributed by atoms with van der Waals surface area (Å²) in [7, 11) is 0. The van der Waals surface area contributed by atoms with Crippen molar-refractivity contribution < 1.29 is 4.79 Å². The first-order valence-electron chi connectivity index (χ1n) is 5.08. The highest BCUT2D eigenvalue weighted by Crippen LogP contribution is 2.05. The van der Waals surface area contributed by atoms with Crippen molar-refractivity contribution >= 4 is 5.91 Å². The smallest absolute Gasteiger partial charge is 0.220 e. The molecule has 0 radical (unpaired) electrons. The van der Waals surface area contributed by atoms with Gasteiger partial charge in [-0.15, -0.1) is 0 Å². The fourth-order valence-corrected chi connectivity index (χ4v) is 1.64. The normalized spacial score (nSPS) is 20.3. The molecule has 1 aliphatic heterocycles. The number of carbonyl (C=O) groups is 1. The molecule has 2 heterocycles. The molecule has 0 spiro atoms. The van der Waals surface area contributed by atoms with Gasteiger partial charge in [0.2, 0.25) is 5.91 Å². The molecule has 1 aromatic heterocycles. The van der Waals surface area contributed by atoms with Gasteiger partial charge in [-0.1, -0.05) is 0 Å². The van der Waals surface area contributed by atoms with Gasteiger partial charge in [0, 0.05) is 43.5 Å². The lowest BCUT2D eigenvalue weighted by molar-refractivity contribution is -0.119. The predicted octanol–water partition coefficient (Wildman–Crippen LogP) is -0.155. The number of rotatable bonds is 4. The fourth-order valence-electron chi connectivity index (χ4n) is 1.64. The predicted molar refractivity (Wildman–Crippen MR) is 54.9 cm³/mol. The molecule has 2 N–H and O–H groups in total. The molecule has 0 aromatic carbocycles. The van der Waals surface area contributed by atoms with E-state index in [9.17, 15) is 4.79 Å². The van der Waals surface area contributed by atoms with Crippen molar-refractivity contribution in [3.05, 3.63) is 24.3 Å². The van der Waals surface area contributed by atoms with Gasteiger partial charge in [-0.05, 0) is 6.42 Å². The number of hydrogen-bond acceptors (Lipinski definition) is 4. The Balaban J connectivity index is 1.69. The van der Waals surface area contributed by atoms with Crippen LogP contribution in [0, 0.1) is 0 Å². The van der Waals surface area contributed by atoms with Crippen molar-refractivity contribution in [2.75, 3.05) is 6.54 Å². The van der Waals surface area contributed by atoms with Crippen molar-refractivity contribution in [1.29, 1.82) is 0 Å². The van der Waals surface area contributed by atoms with E-state index in [4.69, 9.17) is 0 Å². The second-order valence-corrected chi connectivity index (χ2v) is 3.68. The van der Waals surface area contributed by atoms with Crippen molar-refractivity contribution in [2.45, 2.75) is 25.4 Å². The lowest BCUT2D eigenvalue weighted by Gasteiger charge is -2.10. The zero-order valence-electron chi connectivity index (χ0n) is 8.44. The maximum absolute atomic E-state index is 10.9. The highest BCUT2D eigenvalue weighted by molar-refractivity contribution is 5.78. The zero-order chi connectivity index (χ0) is 10.5. The van der Waals surface area contributed by atoms with E-state index in [0.717, 1.165) is 25.1 Å². The Morgan fingerprint density at radius 3 is 2.93 bits per heavy atom. The van der Waals surface area contributed by atoms with Crippen LogP contribution in [0.15, 0.2) is 18.7 Å². The van der Waals surface area contributed by atoms with Gasteiger partial charge in [0.05, 0.1) is 0 Å². The van der Waals surface area contributed by atoms with E-state index in [1.54, 1.807) is 12.4 Å². The van der Waals surface area contributed by atoms with Crippen molar-refractivity contribution in [2.24, 2.45) is 0 Å². The van der Waals surface area contributed by atoms with E-state index in [2.05, 4.69) is 20.6 Å². The molecule has 1 atom stereocenters. The summed E-state index contributed by atoms with van der Waals surface area (Å²) < 4.78 is 0. The van der Waals surface area contributed by atoms with Crippen molar-refractivity contribution in [3.63, 3.8) is 0 Å². The molecule has 1 amide bonds. The monoisotopic (exact) mass is 206 g/mol. The van der Waals surface area contributed by atoms with E-state index in [-0.39, 0.29) is 11.9 Å². The summed E-state index contributed by atoms with van der Waals surface area (Å²) in [5.41, 5.74) is 1.06. The van der Waals surface area contributed by atoms with Crippen LogP contribution in [-0.2, 0) is 11.3 Å². The molecular weight excluding hydrogens is 192 g/mol. The largest absolute Gasteiger partial charge is 0.352 e. The molecule has 80 valence electrons. The molecule has 5 heteroatoms. The maximum Gasteiger partial charge on any atom is 0.220 e. The number of hydrogen-bond donors (Lipinski definition) is 2. The average Bonchev–Trinajstić information content (AvgIpc) is 2.66. The minimum absolute atomic E-state index is 0.157. The zero-order valence-corrected chi connectivity index (χ0v) is 8.44. The molecule has 0 bridgehead atoms. The first kappa shape index (κ1) is 10.0. The number of amides is 1. The maximum atomic E-state index is 10.9. The summed E-state index contributed by atoms with van der Waals surface area (Å²) in [6.07, 6.45) is 6.67. The van der Waals surface area contributed by atoms with Gasteiger partial charge < -0.3 is 10.6 Å². The summed E-state index contributed by atoms with van der Waals surface area (Å²) in [6.45, 7) is 1.55. The molecule has 1 saturated heterocycles. The molecule has 1 aromatic rings. The third-order valence-corrected chi connectivity index (χ3v) is 2.42. The van der Waals surface area contributed by atoms with Crippen LogP contribution < -0.4 is 10.6 Å². The molecule has 0 saturated carbocycles. The summed E-state index contributed by atoms with van der Waals surface area (Å²) in [5, 5.41) is 6.18. The third-order valence-electron chi connectivity index (χ3n) is 2.42. The number of carbonyl (C=O) groups excluding carboxylic acids is 1. The number of nitrogens with one attached hydrogen (secondary N) is 2. The Labute approximate surface area is 88.3 Å². The summed E-state index contributed by atoms with van der Waals surface area (Å²) >= 11 is 0. The number of aromatic nitrogens is 2. The Kier molecular flexibility index (Phi) is 3.24. The van der Waals surface area contributed by atoms with Crippen LogP contribution in [0.2, 0.25) is 0 Å². The minimum Gasteiger partial charge on any atom is -0.352 e. The Morgan fingerprint density at radius 1 is 1.47 bits per heavy atom. The van der Waals surface area contributed by atoms with Crippen molar-refractivity contribution in [3.8, 4) is 0 Å². The second kappa shape index (κ2) is 4.84. The van der Waals surface area contributed by atoms with Crippen LogP contribution in [0.3, 0.4) is 0 Å². The highest BCUT2D eigenvalue weighted by atomic mass is 16.1. The standard InChI is InChI=1S/C10H14N4O/c15-10-2-1-9(14-10)6-11-3-8-4-12-7-13-5-8/h4-5,7,9,11H,1-3,6H2,(H,14,15). The Morgan fingerprint density at radius 2 is 2.27 bits per heavy atom. The van der Waals surface area contributed by atoms with Crippen LogP contribution >= 0.6 is 0 Å². The molecule has 5 nitrogen and oxygen atoms in total. The number of nitrogens with zero attached hydrogens (tertiary/aromatic N) is 2. The second-order valence-electron chi connectivity index (χ2n) is 3.68. The Bertz CT molecular complexity index is 327. The average molecular weight is 206 g/mol. The van der Waals surface area contributed by atoms with Crippen LogP contribution in [0.1, 0.15) is 18.4 Å². The van der Waals surface area contributed by atoms with E-state index in [1.165, 1.54) is 6.33 Å². The van der Waals surface area contributed by atoms with Gasteiger partial charge in [-0.2, -0.15) is 0 Å². The molecule has 15 heavy (non-hydrogen) atoms. The summed E-state index contributed by atoms with van der Waals surface area (Å²) in [6, 6.07) is 0.280. The molecule has 1 fully saturated rings. The van der Waals surface area contributed by atoms with E-state index < -0.39 is 0 Å². The third kappa shape index (κ3) is 2.99. The van der Waals surface area contributed by atoms with E-state index in [1.807, 2.05) is 0 Å². The summed E-state index contributed by atoms with van der Waals surface area (Å²) in [4.78, 5) is 18.8. The molecule has 0 aliphatic carbocycles. The van der Waals surface area contributed by atoms with Crippen LogP contribution in [-0.4, -0.2) is 28.5 Å². The first-order valence-corrected chi connectivity index (χ1v) is 5.08. The SMILES string of the molecule is O=C1CCC(CNCc2cncnc2)N1. The topological polar surface area (TPSA) is 66.9 Å². The van der Waals surface area contributed by atoms with Gasteiger partial charge in [0.25, 0.3) is 0 Å². The van der Waals surface area contributed by atoms with Gasteiger partial charge in [0.1, 0.15) is 6.33 Å². The van der Waals surface area contributed by atoms with Gasteiger partial charge in [-0.25, -0.2) is 9.97 Å². The van der Waals surface area contributed by atoms with E-state index >= 15 is 0 Å². The lowest BCUT2D eigenvalue weighted by Crippen LogP contribution is -2.35. The quantitative estimate of drug-likeness (QED) is 0.718. The van der Waals surface area contributed by atoms with Gasteiger partial charge in [-0.3, -0.25) is 4.79 Å².